The lowest BCUT2D eigenvalue weighted by Crippen LogP contribution is -2.12. The molecule has 0 aliphatic carbocycles. The third kappa shape index (κ3) is 2.63. The second-order valence-corrected chi connectivity index (χ2v) is 4.62. The van der Waals surface area contributed by atoms with Crippen LogP contribution >= 0.6 is 11.6 Å². The predicted octanol–water partition coefficient (Wildman–Crippen LogP) is 1.87. The SMILES string of the molecule is CCn1nc(C)c(CNc2cn[nH]c(=O)c2Cl)c1C. The van der Waals surface area contributed by atoms with Crippen molar-refractivity contribution in [3.63, 3.8) is 0 Å². The van der Waals surface area contributed by atoms with Gasteiger partial charge in [0.05, 0.1) is 17.6 Å². The fourth-order valence-corrected chi connectivity index (χ4v) is 2.15. The number of hydrogen-bond donors (Lipinski definition) is 2. The number of aryl methyl sites for hydroxylation is 2. The lowest BCUT2D eigenvalue weighted by Gasteiger charge is -2.07. The average molecular weight is 282 g/mol. The second-order valence-electron chi connectivity index (χ2n) is 4.25. The highest BCUT2D eigenvalue weighted by atomic mass is 35.5. The van der Waals surface area contributed by atoms with E-state index in [1.165, 1.54) is 6.20 Å². The summed E-state index contributed by atoms with van der Waals surface area (Å²) in [5.41, 5.74) is 3.32. The molecule has 0 aliphatic heterocycles. The summed E-state index contributed by atoms with van der Waals surface area (Å²) < 4.78 is 1.95. The van der Waals surface area contributed by atoms with Crippen molar-refractivity contribution in [1.29, 1.82) is 0 Å². The Hall–Kier alpha value is -1.82. The van der Waals surface area contributed by atoms with Crippen molar-refractivity contribution in [3.8, 4) is 0 Å². The molecule has 0 saturated carbocycles. The number of halogens is 1. The quantitative estimate of drug-likeness (QED) is 0.897. The molecular formula is C12H16ClN5O. The highest BCUT2D eigenvalue weighted by Crippen LogP contribution is 2.18. The van der Waals surface area contributed by atoms with E-state index in [4.69, 9.17) is 11.6 Å². The minimum atomic E-state index is -0.399. The summed E-state index contributed by atoms with van der Waals surface area (Å²) >= 11 is 5.90. The van der Waals surface area contributed by atoms with Crippen LogP contribution in [-0.4, -0.2) is 20.0 Å². The predicted molar refractivity (Wildman–Crippen MR) is 74.6 cm³/mol. The molecule has 2 rings (SSSR count). The molecule has 2 N–H and O–H groups in total. The zero-order valence-corrected chi connectivity index (χ0v) is 11.9. The number of nitrogens with one attached hydrogen (secondary N) is 2. The first-order valence-corrected chi connectivity index (χ1v) is 6.42. The molecular weight excluding hydrogens is 266 g/mol. The topological polar surface area (TPSA) is 75.6 Å². The van der Waals surface area contributed by atoms with E-state index in [-0.39, 0.29) is 5.02 Å². The summed E-state index contributed by atoms with van der Waals surface area (Å²) in [6, 6.07) is 0. The largest absolute Gasteiger partial charge is 0.378 e. The van der Waals surface area contributed by atoms with Gasteiger partial charge in [-0.15, -0.1) is 0 Å². The van der Waals surface area contributed by atoms with E-state index in [2.05, 4.69) is 20.6 Å². The molecule has 2 aromatic heterocycles. The number of rotatable bonds is 4. The fraction of sp³-hybridized carbons (Fsp3) is 0.417. The van der Waals surface area contributed by atoms with Gasteiger partial charge < -0.3 is 5.32 Å². The van der Waals surface area contributed by atoms with Crippen molar-refractivity contribution in [2.45, 2.75) is 33.9 Å². The van der Waals surface area contributed by atoms with Gasteiger partial charge in [0, 0.05) is 24.3 Å². The van der Waals surface area contributed by atoms with Gasteiger partial charge in [-0.25, -0.2) is 5.10 Å². The van der Waals surface area contributed by atoms with Crippen LogP contribution < -0.4 is 10.9 Å². The maximum atomic E-state index is 11.3. The summed E-state index contributed by atoms with van der Waals surface area (Å²) in [5.74, 6) is 0. The molecule has 2 heterocycles. The molecule has 19 heavy (non-hydrogen) atoms. The summed E-state index contributed by atoms with van der Waals surface area (Å²) in [7, 11) is 0. The van der Waals surface area contributed by atoms with Crippen LogP contribution in [0.15, 0.2) is 11.0 Å². The Labute approximate surface area is 115 Å². The zero-order valence-electron chi connectivity index (χ0n) is 11.1. The standard InChI is InChI=1S/C12H16ClN5O/c1-4-18-8(3)9(7(2)17-18)5-14-10-6-15-16-12(19)11(10)13/h6H,4-5H2,1-3H3,(H2,14,16,19). The van der Waals surface area contributed by atoms with Crippen LogP contribution in [0.3, 0.4) is 0 Å². The number of hydrogen-bond acceptors (Lipinski definition) is 4. The van der Waals surface area contributed by atoms with Crippen LogP contribution in [0.2, 0.25) is 5.02 Å². The normalized spacial score (nSPS) is 10.7. The van der Waals surface area contributed by atoms with Gasteiger partial charge in [0.1, 0.15) is 5.02 Å². The Kier molecular flexibility index (Phi) is 3.90. The van der Waals surface area contributed by atoms with E-state index in [0.717, 1.165) is 23.5 Å². The molecule has 6 nitrogen and oxygen atoms in total. The van der Waals surface area contributed by atoms with Crippen LogP contribution in [0.5, 0.6) is 0 Å². The number of anilines is 1. The Morgan fingerprint density at radius 2 is 2.21 bits per heavy atom. The van der Waals surface area contributed by atoms with Crippen LogP contribution in [0.1, 0.15) is 23.9 Å². The monoisotopic (exact) mass is 281 g/mol. The Bertz CT molecular complexity index is 646. The summed E-state index contributed by atoms with van der Waals surface area (Å²) in [6.07, 6.45) is 1.50. The maximum absolute atomic E-state index is 11.3. The molecule has 0 spiro atoms. The lowest BCUT2D eigenvalue weighted by atomic mass is 10.2. The van der Waals surface area contributed by atoms with Crippen molar-refractivity contribution in [1.82, 2.24) is 20.0 Å². The van der Waals surface area contributed by atoms with Gasteiger partial charge in [-0.05, 0) is 20.8 Å². The highest BCUT2D eigenvalue weighted by Gasteiger charge is 2.11. The molecule has 102 valence electrons. The minimum Gasteiger partial charge on any atom is -0.378 e. The van der Waals surface area contributed by atoms with Gasteiger partial charge in [0.2, 0.25) is 0 Å². The van der Waals surface area contributed by atoms with Crippen molar-refractivity contribution >= 4 is 17.3 Å². The van der Waals surface area contributed by atoms with Gasteiger partial charge in [-0.2, -0.15) is 10.2 Å². The van der Waals surface area contributed by atoms with E-state index in [9.17, 15) is 4.79 Å². The maximum Gasteiger partial charge on any atom is 0.285 e. The van der Waals surface area contributed by atoms with Gasteiger partial charge in [0.15, 0.2) is 0 Å². The first-order chi connectivity index (χ1) is 9.04. The lowest BCUT2D eigenvalue weighted by molar-refractivity contribution is 0.633. The Balaban J connectivity index is 2.21. The number of aromatic nitrogens is 4. The molecule has 0 radical (unpaired) electrons. The summed E-state index contributed by atoms with van der Waals surface area (Å²) in [6.45, 7) is 7.43. The van der Waals surface area contributed by atoms with Gasteiger partial charge in [-0.3, -0.25) is 9.48 Å². The van der Waals surface area contributed by atoms with Crippen LogP contribution in [0.25, 0.3) is 0 Å². The molecule has 0 amide bonds. The van der Waals surface area contributed by atoms with E-state index in [0.29, 0.717) is 12.2 Å². The molecule has 0 unspecified atom stereocenters. The van der Waals surface area contributed by atoms with Crippen molar-refractivity contribution in [2.24, 2.45) is 0 Å². The smallest absolute Gasteiger partial charge is 0.285 e. The second kappa shape index (κ2) is 5.44. The Morgan fingerprint density at radius 1 is 1.47 bits per heavy atom. The Morgan fingerprint density at radius 3 is 2.84 bits per heavy atom. The molecule has 7 heteroatoms. The van der Waals surface area contributed by atoms with Gasteiger partial charge in [-0.1, -0.05) is 11.6 Å². The molecule has 0 saturated heterocycles. The van der Waals surface area contributed by atoms with Crippen molar-refractivity contribution in [3.05, 3.63) is 38.5 Å². The van der Waals surface area contributed by atoms with E-state index < -0.39 is 5.56 Å². The van der Waals surface area contributed by atoms with Crippen molar-refractivity contribution in [2.75, 3.05) is 5.32 Å². The number of nitrogens with zero attached hydrogens (tertiary/aromatic N) is 3. The van der Waals surface area contributed by atoms with Crippen LogP contribution in [0.4, 0.5) is 5.69 Å². The number of aromatic amines is 1. The minimum absolute atomic E-state index is 0.119. The van der Waals surface area contributed by atoms with Gasteiger partial charge in [0.25, 0.3) is 5.56 Å². The molecule has 0 fully saturated rings. The molecule has 0 aliphatic rings. The van der Waals surface area contributed by atoms with Gasteiger partial charge >= 0.3 is 0 Å². The van der Waals surface area contributed by atoms with E-state index in [1.807, 2.05) is 25.5 Å². The average Bonchev–Trinajstić information content (AvgIpc) is 2.66. The summed E-state index contributed by atoms with van der Waals surface area (Å²) in [5, 5.41) is 13.7. The van der Waals surface area contributed by atoms with E-state index >= 15 is 0 Å². The van der Waals surface area contributed by atoms with Crippen LogP contribution in [0, 0.1) is 13.8 Å². The molecule has 2 aromatic rings. The van der Waals surface area contributed by atoms with E-state index in [1.54, 1.807) is 0 Å². The molecule has 0 atom stereocenters. The first-order valence-electron chi connectivity index (χ1n) is 6.04. The van der Waals surface area contributed by atoms with Crippen LogP contribution in [-0.2, 0) is 13.1 Å². The fourth-order valence-electron chi connectivity index (χ4n) is 1.99. The third-order valence-corrected chi connectivity index (χ3v) is 3.46. The van der Waals surface area contributed by atoms with Crippen molar-refractivity contribution < 1.29 is 0 Å². The summed E-state index contributed by atoms with van der Waals surface area (Å²) in [4.78, 5) is 11.3. The highest BCUT2D eigenvalue weighted by molar-refractivity contribution is 6.32. The third-order valence-electron chi connectivity index (χ3n) is 3.08. The molecule has 0 aromatic carbocycles. The first kappa shape index (κ1) is 13.6. The molecule has 0 bridgehead atoms. The number of H-pyrrole nitrogens is 1. The zero-order chi connectivity index (χ0) is 14.0.